The van der Waals surface area contributed by atoms with E-state index in [0.29, 0.717) is 29.4 Å². The summed E-state index contributed by atoms with van der Waals surface area (Å²) >= 11 is 6.01. The lowest BCUT2D eigenvalue weighted by atomic mass is 10.2. The molecule has 0 saturated carbocycles. The number of ether oxygens (including phenoxy) is 1. The van der Waals surface area contributed by atoms with Crippen LogP contribution in [0.2, 0.25) is 5.02 Å². The van der Waals surface area contributed by atoms with Crippen molar-refractivity contribution in [3.63, 3.8) is 0 Å². The first-order valence-electron chi connectivity index (χ1n) is 5.96. The number of benzene rings is 1. The number of amides is 2. The van der Waals surface area contributed by atoms with Crippen LogP contribution in [-0.2, 0) is 9.57 Å². The second kappa shape index (κ2) is 7.09. The minimum absolute atomic E-state index is 0.206. The first-order valence-corrected chi connectivity index (χ1v) is 6.34. The normalized spacial score (nSPS) is 15.4. The largest absolute Gasteiger partial charge is 0.399 e. The number of rotatable bonds is 3. The highest BCUT2D eigenvalue weighted by Gasteiger charge is 2.16. The Morgan fingerprint density at radius 2 is 2.50 bits per heavy atom. The number of carbonyl (C=O) groups is 1. The SMILES string of the molecule is CON=Cc1cc(NC(=O)N2COCCN2)ccc1Cl. The summed E-state index contributed by atoms with van der Waals surface area (Å²) in [7, 11) is 1.44. The third-order valence-corrected chi connectivity index (χ3v) is 2.90. The summed E-state index contributed by atoms with van der Waals surface area (Å²) in [4.78, 5) is 16.6. The molecule has 1 aromatic rings. The van der Waals surface area contributed by atoms with Crippen LogP contribution in [0.3, 0.4) is 0 Å². The lowest BCUT2D eigenvalue weighted by molar-refractivity contribution is -0.0148. The van der Waals surface area contributed by atoms with Crippen LogP contribution in [0, 0.1) is 0 Å². The van der Waals surface area contributed by atoms with E-state index in [1.165, 1.54) is 18.3 Å². The summed E-state index contributed by atoms with van der Waals surface area (Å²) < 4.78 is 5.18. The van der Waals surface area contributed by atoms with Crippen molar-refractivity contribution < 1.29 is 14.4 Å². The van der Waals surface area contributed by atoms with Gasteiger partial charge in [-0.2, -0.15) is 0 Å². The van der Waals surface area contributed by atoms with Crippen LogP contribution in [0.5, 0.6) is 0 Å². The van der Waals surface area contributed by atoms with Crippen LogP contribution in [0.25, 0.3) is 0 Å². The predicted octanol–water partition coefficient (Wildman–Crippen LogP) is 1.65. The van der Waals surface area contributed by atoms with Crippen molar-refractivity contribution in [1.82, 2.24) is 10.4 Å². The summed E-state index contributed by atoms with van der Waals surface area (Å²) in [5.74, 6) is 0. The van der Waals surface area contributed by atoms with Crippen molar-refractivity contribution in [2.75, 3.05) is 32.3 Å². The number of nitrogens with zero attached hydrogens (tertiary/aromatic N) is 2. The van der Waals surface area contributed by atoms with Gasteiger partial charge in [0, 0.05) is 22.8 Å². The maximum absolute atomic E-state index is 12.0. The number of urea groups is 1. The zero-order chi connectivity index (χ0) is 14.4. The lowest BCUT2D eigenvalue weighted by Crippen LogP contribution is -2.51. The number of carbonyl (C=O) groups excluding carboxylic acids is 1. The van der Waals surface area contributed by atoms with Gasteiger partial charge in [0.2, 0.25) is 0 Å². The van der Waals surface area contributed by atoms with Gasteiger partial charge in [-0.25, -0.2) is 15.2 Å². The molecule has 2 N–H and O–H groups in total. The van der Waals surface area contributed by atoms with Gasteiger partial charge in [0.1, 0.15) is 13.8 Å². The van der Waals surface area contributed by atoms with Crippen molar-refractivity contribution in [1.29, 1.82) is 0 Å². The maximum Gasteiger partial charge on any atom is 0.338 e. The quantitative estimate of drug-likeness (QED) is 0.657. The van der Waals surface area contributed by atoms with Crippen LogP contribution >= 0.6 is 11.6 Å². The van der Waals surface area contributed by atoms with Crippen LogP contribution in [-0.4, -0.2) is 44.2 Å². The van der Waals surface area contributed by atoms with Crippen molar-refractivity contribution >= 4 is 29.5 Å². The molecule has 0 unspecified atom stereocenters. The van der Waals surface area contributed by atoms with Gasteiger partial charge >= 0.3 is 6.03 Å². The van der Waals surface area contributed by atoms with E-state index in [2.05, 4.69) is 20.7 Å². The summed E-state index contributed by atoms with van der Waals surface area (Å²) in [6.07, 6.45) is 1.47. The molecule has 2 rings (SSSR count). The standard InChI is InChI=1S/C12H15ClN4O3/c1-19-15-7-9-6-10(2-3-11(9)13)16-12(18)17-8-20-5-4-14-17/h2-3,6-7,14H,4-5,8H2,1H3,(H,16,18). The number of oxime groups is 1. The van der Waals surface area contributed by atoms with Gasteiger partial charge in [-0.3, -0.25) is 0 Å². The highest BCUT2D eigenvalue weighted by atomic mass is 35.5. The number of halogens is 1. The molecule has 0 atom stereocenters. The maximum atomic E-state index is 12.0. The minimum atomic E-state index is -0.304. The highest BCUT2D eigenvalue weighted by molar-refractivity contribution is 6.33. The molecule has 1 heterocycles. The molecule has 0 spiro atoms. The van der Waals surface area contributed by atoms with E-state index in [9.17, 15) is 4.79 Å². The Balaban J connectivity index is 2.05. The molecule has 1 fully saturated rings. The molecule has 1 aliphatic rings. The fourth-order valence-corrected chi connectivity index (χ4v) is 1.77. The van der Waals surface area contributed by atoms with E-state index in [1.807, 2.05) is 0 Å². The first-order chi connectivity index (χ1) is 9.70. The molecule has 0 bridgehead atoms. The van der Waals surface area contributed by atoms with Crippen LogP contribution in [0.1, 0.15) is 5.56 Å². The van der Waals surface area contributed by atoms with Gasteiger partial charge in [-0.15, -0.1) is 0 Å². The number of anilines is 1. The van der Waals surface area contributed by atoms with E-state index >= 15 is 0 Å². The topological polar surface area (TPSA) is 75.2 Å². The third-order valence-electron chi connectivity index (χ3n) is 2.56. The van der Waals surface area contributed by atoms with E-state index in [4.69, 9.17) is 16.3 Å². The molecule has 20 heavy (non-hydrogen) atoms. The second-order valence-electron chi connectivity index (χ2n) is 3.96. The van der Waals surface area contributed by atoms with E-state index in [-0.39, 0.29) is 12.8 Å². The summed E-state index contributed by atoms with van der Waals surface area (Å²) in [5, 5.41) is 8.27. The Morgan fingerprint density at radius 3 is 3.20 bits per heavy atom. The first kappa shape index (κ1) is 14.6. The molecular formula is C12H15ClN4O3. The minimum Gasteiger partial charge on any atom is -0.399 e. The molecule has 0 radical (unpaired) electrons. The Labute approximate surface area is 121 Å². The molecule has 2 amide bonds. The molecular weight excluding hydrogens is 284 g/mol. The van der Waals surface area contributed by atoms with Gasteiger partial charge < -0.3 is 14.9 Å². The Kier molecular flexibility index (Phi) is 5.16. The molecule has 0 aliphatic carbocycles. The molecule has 8 heteroatoms. The Bertz CT molecular complexity index is 503. The van der Waals surface area contributed by atoms with Gasteiger partial charge in [-0.1, -0.05) is 16.8 Å². The van der Waals surface area contributed by atoms with E-state index in [1.54, 1.807) is 18.2 Å². The molecule has 1 saturated heterocycles. The second-order valence-corrected chi connectivity index (χ2v) is 4.36. The van der Waals surface area contributed by atoms with Crippen LogP contribution in [0.15, 0.2) is 23.4 Å². The molecule has 7 nitrogen and oxygen atoms in total. The average Bonchev–Trinajstić information content (AvgIpc) is 2.48. The van der Waals surface area contributed by atoms with Gasteiger partial charge in [0.25, 0.3) is 0 Å². The molecule has 108 valence electrons. The Hall–Kier alpha value is -1.83. The third kappa shape index (κ3) is 3.83. The van der Waals surface area contributed by atoms with E-state index in [0.717, 1.165) is 0 Å². The summed E-state index contributed by atoms with van der Waals surface area (Å²) in [6, 6.07) is 4.78. The van der Waals surface area contributed by atoms with Crippen LogP contribution in [0.4, 0.5) is 10.5 Å². The molecule has 0 aromatic heterocycles. The van der Waals surface area contributed by atoms with E-state index < -0.39 is 0 Å². The summed E-state index contributed by atoms with van der Waals surface area (Å²) in [5.41, 5.74) is 4.17. The average molecular weight is 299 g/mol. The predicted molar refractivity (Wildman–Crippen MR) is 75.7 cm³/mol. The van der Waals surface area contributed by atoms with Crippen molar-refractivity contribution in [2.45, 2.75) is 0 Å². The number of hydrazine groups is 1. The van der Waals surface area contributed by atoms with Crippen molar-refractivity contribution in [3.8, 4) is 0 Å². The number of hydrogen-bond acceptors (Lipinski definition) is 5. The van der Waals surface area contributed by atoms with Crippen molar-refractivity contribution in [2.24, 2.45) is 5.16 Å². The monoisotopic (exact) mass is 298 g/mol. The van der Waals surface area contributed by atoms with Crippen molar-refractivity contribution in [3.05, 3.63) is 28.8 Å². The molecule has 1 aliphatic heterocycles. The fraction of sp³-hybridized carbons (Fsp3) is 0.333. The van der Waals surface area contributed by atoms with Gasteiger partial charge in [-0.05, 0) is 18.2 Å². The highest BCUT2D eigenvalue weighted by Crippen LogP contribution is 2.19. The number of nitrogens with one attached hydrogen (secondary N) is 2. The Morgan fingerprint density at radius 1 is 1.65 bits per heavy atom. The smallest absolute Gasteiger partial charge is 0.338 e. The van der Waals surface area contributed by atoms with Gasteiger partial charge in [0.15, 0.2) is 0 Å². The van der Waals surface area contributed by atoms with Crippen LogP contribution < -0.4 is 10.7 Å². The zero-order valence-corrected chi connectivity index (χ0v) is 11.7. The fourth-order valence-electron chi connectivity index (χ4n) is 1.61. The number of hydrogen-bond donors (Lipinski definition) is 2. The zero-order valence-electron chi connectivity index (χ0n) is 10.9. The summed E-state index contributed by atoms with van der Waals surface area (Å²) in [6.45, 7) is 1.39. The lowest BCUT2D eigenvalue weighted by Gasteiger charge is -2.27. The van der Waals surface area contributed by atoms with Gasteiger partial charge in [0.05, 0.1) is 12.8 Å². The molecule has 1 aromatic carbocycles.